The van der Waals surface area contributed by atoms with E-state index in [1.54, 1.807) is 45.9 Å². The Kier molecular flexibility index (Phi) is 5.70. The first kappa shape index (κ1) is 21.8. The van der Waals surface area contributed by atoms with Gasteiger partial charge in [0.25, 0.3) is 11.6 Å². The van der Waals surface area contributed by atoms with Gasteiger partial charge in [-0.1, -0.05) is 37.2 Å². The van der Waals surface area contributed by atoms with Gasteiger partial charge in [-0.15, -0.1) is 0 Å². The van der Waals surface area contributed by atoms with Crippen molar-refractivity contribution >= 4 is 33.8 Å². The maximum Gasteiger partial charge on any atom is 0.366 e. The molecule has 0 radical (unpaired) electrons. The third-order valence-electron chi connectivity index (χ3n) is 5.16. The number of nitro benzene ring substituents is 1. The minimum absolute atomic E-state index is 0.0583. The van der Waals surface area contributed by atoms with Crippen LogP contribution in [0.2, 0.25) is 0 Å². The van der Waals surface area contributed by atoms with Gasteiger partial charge in [0.15, 0.2) is 0 Å². The number of benzene rings is 2. The molecule has 0 atom stereocenters. The van der Waals surface area contributed by atoms with E-state index in [2.05, 4.69) is 15.0 Å². The van der Waals surface area contributed by atoms with E-state index in [0.29, 0.717) is 33.3 Å². The van der Waals surface area contributed by atoms with Crippen LogP contribution in [-0.2, 0) is 15.0 Å². The molecule has 0 saturated carbocycles. The molecule has 0 spiro atoms. The number of aromatic nitrogens is 1. The van der Waals surface area contributed by atoms with Crippen molar-refractivity contribution in [1.82, 2.24) is 5.16 Å². The number of hydrogen-bond donors (Lipinski definition) is 1. The van der Waals surface area contributed by atoms with Crippen molar-refractivity contribution in [3.05, 3.63) is 73.8 Å². The lowest BCUT2D eigenvalue weighted by Crippen LogP contribution is -2.30. The fraction of sp³-hybridized carbons (Fsp3) is 0.273. The number of para-hydroxylation sites is 1. The molecule has 0 aliphatic carbocycles. The third-order valence-corrected chi connectivity index (χ3v) is 5.16. The normalized spacial score (nSPS) is 11.4. The van der Waals surface area contributed by atoms with Gasteiger partial charge in [-0.05, 0) is 32.0 Å². The van der Waals surface area contributed by atoms with E-state index in [-0.39, 0.29) is 12.1 Å². The van der Waals surface area contributed by atoms with Crippen LogP contribution in [0, 0.1) is 24.0 Å². The van der Waals surface area contributed by atoms with Crippen LogP contribution in [0.5, 0.6) is 0 Å². The van der Waals surface area contributed by atoms with Crippen molar-refractivity contribution in [2.45, 2.75) is 39.5 Å². The molecular weight excluding hydrogens is 402 g/mol. The molecule has 9 heteroatoms. The average molecular weight is 423 g/mol. The first-order valence-corrected chi connectivity index (χ1v) is 9.50. The summed E-state index contributed by atoms with van der Waals surface area (Å²) < 4.78 is 4.67. The molecule has 3 aromatic rings. The molecule has 0 bridgehead atoms. The minimum atomic E-state index is -0.939. The van der Waals surface area contributed by atoms with Crippen LogP contribution < -0.4 is 10.9 Å². The fourth-order valence-corrected chi connectivity index (χ4v) is 3.53. The Morgan fingerprint density at radius 1 is 1.16 bits per heavy atom. The summed E-state index contributed by atoms with van der Waals surface area (Å²) in [4.78, 5) is 47.9. The van der Waals surface area contributed by atoms with E-state index in [4.69, 9.17) is 0 Å². The highest BCUT2D eigenvalue weighted by molar-refractivity contribution is 6.40. The van der Waals surface area contributed by atoms with Crippen LogP contribution in [0.25, 0.3) is 10.8 Å². The molecule has 2 aromatic carbocycles. The van der Waals surface area contributed by atoms with Crippen LogP contribution >= 0.6 is 0 Å². The molecular formula is C22H21N3O6. The highest BCUT2D eigenvalue weighted by Gasteiger charge is 2.34. The summed E-state index contributed by atoms with van der Waals surface area (Å²) in [6.45, 7) is 6.65. The number of amides is 1. The van der Waals surface area contributed by atoms with E-state index in [1.165, 1.54) is 18.2 Å². The zero-order valence-corrected chi connectivity index (χ0v) is 17.5. The van der Waals surface area contributed by atoms with Crippen molar-refractivity contribution in [1.29, 1.82) is 0 Å². The van der Waals surface area contributed by atoms with Crippen LogP contribution in [0.15, 0.2) is 45.7 Å². The topological polar surface area (TPSA) is 132 Å². The zero-order chi connectivity index (χ0) is 22.9. The van der Waals surface area contributed by atoms with E-state index >= 15 is 0 Å². The largest absolute Gasteiger partial charge is 0.366 e. The van der Waals surface area contributed by atoms with Crippen LogP contribution in [-0.4, -0.2) is 21.8 Å². The molecule has 9 nitrogen and oxygen atoms in total. The lowest BCUT2D eigenvalue weighted by atomic mass is 9.78. The standard InChI is InChI=1S/C22H21N3O6/c1-12-6-5-7-17(19(12)25(29)30)22(3,4)11-18(26)20(27)23-14-8-9-15-16(10-14)13(2)24-31-21(15)28/h5-10H,11H2,1-4H3,(H,23,27). The molecule has 1 aromatic heterocycles. The lowest BCUT2D eigenvalue weighted by molar-refractivity contribution is -0.386. The lowest BCUT2D eigenvalue weighted by Gasteiger charge is -2.24. The zero-order valence-electron chi connectivity index (χ0n) is 17.5. The SMILES string of the molecule is Cc1cccc(C(C)(C)CC(=O)C(=O)Nc2ccc3c(=O)onc(C)c3c2)c1[N+](=O)[O-]. The second-order valence-electron chi connectivity index (χ2n) is 7.98. The van der Waals surface area contributed by atoms with E-state index in [9.17, 15) is 24.5 Å². The maximum atomic E-state index is 12.6. The molecule has 0 aliphatic rings. The summed E-state index contributed by atoms with van der Waals surface area (Å²) >= 11 is 0. The minimum Gasteiger partial charge on any atom is -0.319 e. The highest BCUT2D eigenvalue weighted by atomic mass is 16.6. The Hall–Kier alpha value is -3.88. The predicted molar refractivity (Wildman–Crippen MR) is 114 cm³/mol. The summed E-state index contributed by atoms with van der Waals surface area (Å²) in [7, 11) is 0. The number of rotatable bonds is 6. The number of nitrogens with zero attached hydrogens (tertiary/aromatic N) is 2. The number of fused-ring (bicyclic) bond motifs is 1. The highest BCUT2D eigenvalue weighted by Crippen LogP contribution is 2.36. The van der Waals surface area contributed by atoms with Gasteiger partial charge in [0, 0.05) is 34.0 Å². The monoisotopic (exact) mass is 423 g/mol. The summed E-state index contributed by atoms with van der Waals surface area (Å²) in [6, 6.07) is 9.42. The Balaban J connectivity index is 1.83. The second kappa shape index (κ2) is 8.10. The van der Waals surface area contributed by atoms with Crippen LogP contribution in [0.3, 0.4) is 0 Å². The average Bonchev–Trinajstić information content (AvgIpc) is 2.70. The molecule has 31 heavy (non-hydrogen) atoms. The van der Waals surface area contributed by atoms with Gasteiger partial charge in [0.2, 0.25) is 5.78 Å². The molecule has 0 fully saturated rings. The number of aryl methyl sites for hydroxylation is 2. The van der Waals surface area contributed by atoms with Gasteiger partial charge in [-0.3, -0.25) is 19.7 Å². The first-order valence-electron chi connectivity index (χ1n) is 9.50. The molecule has 3 rings (SSSR count). The number of nitro groups is 1. The van der Waals surface area contributed by atoms with Crippen molar-refractivity contribution in [2.24, 2.45) is 0 Å². The van der Waals surface area contributed by atoms with E-state index < -0.39 is 27.7 Å². The van der Waals surface area contributed by atoms with E-state index in [0.717, 1.165) is 0 Å². The molecule has 0 aliphatic heterocycles. The van der Waals surface area contributed by atoms with Crippen molar-refractivity contribution in [3.8, 4) is 0 Å². The maximum absolute atomic E-state index is 12.6. The van der Waals surface area contributed by atoms with Crippen molar-refractivity contribution in [2.75, 3.05) is 5.32 Å². The number of nitrogens with one attached hydrogen (secondary N) is 1. The van der Waals surface area contributed by atoms with Gasteiger partial charge in [0.05, 0.1) is 16.0 Å². The predicted octanol–water partition coefficient (Wildman–Crippen LogP) is 3.59. The fourth-order valence-electron chi connectivity index (χ4n) is 3.53. The quantitative estimate of drug-likeness (QED) is 0.364. The molecule has 0 saturated heterocycles. The Labute approximate surface area is 177 Å². The summed E-state index contributed by atoms with van der Waals surface area (Å²) in [5.74, 6) is -1.57. The number of anilines is 1. The number of carbonyl (C=O) groups excluding carboxylic acids is 2. The number of hydrogen-bond acceptors (Lipinski definition) is 7. The molecule has 0 unspecified atom stereocenters. The Morgan fingerprint density at radius 2 is 1.87 bits per heavy atom. The van der Waals surface area contributed by atoms with Gasteiger partial charge >= 0.3 is 5.63 Å². The molecule has 1 amide bonds. The molecule has 1 heterocycles. The number of ketones is 1. The van der Waals surface area contributed by atoms with Crippen molar-refractivity contribution in [3.63, 3.8) is 0 Å². The number of Topliss-reactive ketones (excluding diaryl/α,β-unsaturated/α-hetero) is 1. The first-order chi connectivity index (χ1) is 14.5. The summed E-state index contributed by atoms with van der Waals surface area (Å²) in [6.07, 6.45) is -0.221. The number of carbonyl (C=O) groups is 2. The summed E-state index contributed by atoms with van der Waals surface area (Å²) in [5, 5.41) is 18.5. The van der Waals surface area contributed by atoms with Gasteiger partial charge in [-0.2, -0.15) is 0 Å². The van der Waals surface area contributed by atoms with Gasteiger partial charge in [-0.25, -0.2) is 4.79 Å². The molecule has 160 valence electrons. The smallest absolute Gasteiger partial charge is 0.319 e. The summed E-state index contributed by atoms with van der Waals surface area (Å²) in [5.41, 5.74) is 0.0553. The molecule has 1 N–H and O–H groups in total. The van der Waals surface area contributed by atoms with E-state index in [1.807, 2.05) is 0 Å². The van der Waals surface area contributed by atoms with Gasteiger partial charge < -0.3 is 9.84 Å². The van der Waals surface area contributed by atoms with Gasteiger partial charge in [0.1, 0.15) is 0 Å². The third kappa shape index (κ3) is 4.35. The second-order valence-corrected chi connectivity index (χ2v) is 7.98. The Bertz CT molecular complexity index is 1280. The van der Waals surface area contributed by atoms with Crippen LogP contribution in [0.4, 0.5) is 11.4 Å². The van der Waals surface area contributed by atoms with Crippen LogP contribution in [0.1, 0.15) is 37.1 Å². The Morgan fingerprint density at radius 3 is 2.55 bits per heavy atom. The van der Waals surface area contributed by atoms with Crippen molar-refractivity contribution < 1.29 is 19.0 Å².